The van der Waals surface area contributed by atoms with E-state index in [2.05, 4.69) is 107 Å². The molecule has 0 aliphatic heterocycles. The molecular weight excluding hydrogens is 524 g/mol. The van der Waals surface area contributed by atoms with E-state index in [4.69, 9.17) is 4.98 Å². The number of nitrogens with zero attached hydrogens (tertiary/aromatic N) is 4. The monoisotopic (exact) mass is 548 g/mol. The highest BCUT2D eigenvalue weighted by Gasteiger charge is 2.19. The Labute approximate surface area is 248 Å². The van der Waals surface area contributed by atoms with Gasteiger partial charge in [-0.25, -0.2) is 4.98 Å². The first-order chi connectivity index (χ1) is 21.3. The lowest BCUT2D eigenvalue weighted by molar-refractivity contribution is 1.10. The first kappa shape index (κ1) is 24.7. The van der Waals surface area contributed by atoms with Crippen LogP contribution in [0.4, 0.5) is 0 Å². The fraction of sp³-hybridized carbons (Fsp3) is 0. The normalized spacial score (nSPS) is 11.2. The van der Waals surface area contributed by atoms with Crippen LogP contribution in [0.3, 0.4) is 0 Å². The molecule has 0 spiro atoms. The van der Waals surface area contributed by atoms with Crippen molar-refractivity contribution in [3.63, 3.8) is 0 Å². The summed E-state index contributed by atoms with van der Waals surface area (Å²) in [6, 6.07) is 48.4. The van der Waals surface area contributed by atoms with Crippen molar-refractivity contribution in [1.29, 1.82) is 5.26 Å². The SMILES string of the molecule is N#Cc1ccc2nc(-c3cc(-c4cccnc4)cc(-c4c5ccccc5cc5ccccc45)c3)n(-c3ccccc3)c2c1. The van der Waals surface area contributed by atoms with Gasteiger partial charge in [-0.15, -0.1) is 0 Å². The van der Waals surface area contributed by atoms with Crippen LogP contribution in [0.25, 0.3) is 71.9 Å². The second-order valence-electron chi connectivity index (χ2n) is 10.7. The molecule has 0 bridgehead atoms. The number of nitriles is 1. The van der Waals surface area contributed by atoms with Crippen LogP contribution in [0.15, 0.2) is 146 Å². The highest BCUT2D eigenvalue weighted by atomic mass is 15.1. The molecule has 0 fully saturated rings. The standard InChI is InChI=1S/C39H24N4/c40-24-26-16-17-36-37(19-26)43(33-12-2-1-3-13-33)39(42-36)32-22-30(29-11-8-18-41-25-29)21-31(23-32)38-34-14-6-4-9-27(34)20-28-10-5-7-15-35(28)38/h1-23,25H. The van der Waals surface area contributed by atoms with Crippen LogP contribution in [-0.2, 0) is 0 Å². The van der Waals surface area contributed by atoms with Gasteiger partial charge in [0.1, 0.15) is 5.82 Å². The lowest BCUT2D eigenvalue weighted by atomic mass is 9.89. The molecule has 8 aromatic rings. The lowest BCUT2D eigenvalue weighted by Crippen LogP contribution is -1.98. The molecule has 0 radical (unpaired) electrons. The van der Waals surface area contributed by atoms with E-state index >= 15 is 0 Å². The van der Waals surface area contributed by atoms with Gasteiger partial charge in [0.2, 0.25) is 0 Å². The third-order valence-corrected chi connectivity index (χ3v) is 8.04. The van der Waals surface area contributed by atoms with E-state index in [-0.39, 0.29) is 0 Å². The van der Waals surface area contributed by atoms with E-state index in [0.717, 1.165) is 44.8 Å². The summed E-state index contributed by atoms with van der Waals surface area (Å²) in [4.78, 5) is 9.60. The number of imidazole rings is 1. The first-order valence-corrected chi connectivity index (χ1v) is 14.2. The molecule has 0 aliphatic carbocycles. The van der Waals surface area contributed by atoms with Crippen LogP contribution in [0.2, 0.25) is 0 Å². The fourth-order valence-corrected chi connectivity index (χ4v) is 6.10. The number of hydrogen-bond acceptors (Lipinski definition) is 3. The maximum Gasteiger partial charge on any atom is 0.145 e. The van der Waals surface area contributed by atoms with Gasteiger partial charge in [-0.05, 0) is 98.9 Å². The Morgan fingerprint density at radius 2 is 1.28 bits per heavy atom. The van der Waals surface area contributed by atoms with Crippen molar-refractivity contribution in [3.8, 4) is 45.4 Å². The molecule has 4 nitrogen and oxygen atoms in total. The Morgan fingerprint density at radius 1 is 0.581 bits per heavy atom. The first-order valence-electron chi connectivity index (χ1n) is 14.2. The Bertz CT molecular complexity index is 2290. The average Bonchev–Trinajstić information content (AvgIpc) is 3.46. The van der Waals surface area contributed by atoms with Crippen LogP contribution < -0.4 is 0 Å². The molecule has 200 valence electrons. The predicted molar refractivity (Wildman–Crippen MR) is 175 cm³/mol. The van der Waals surface area contributed by atoms with Crippen LogP contribution in [-0.4, -0.2) is 14.5 Å². The number of benzene rings is 6. The molecular formula is C39H24N4. The molecule has 43 heavy (non-hydrogen) atoms. The highest BCUT2D eigenvalue weighted by molar-refractivity contribution is 6.13. The zero-order valence-electron chi connectivity index (χ0n) is 23.1. The second-order valence-corrected chi connectivity index (χ2v) is 10.7. The van der Waals surface area contributed by atoms with Crippen molar-refractivity contribution in [3.05, 3.63) is 151 Å². The van der Waals surface area contributed by atoms with Crippen molar-refractivity contribution in [2.24, 2.45) is 0 Å². The summed E-state index contributed by atoms with van der Waals surface area (Å²) in [7, 11) is 0. The van der Waals surface area contributed by atoms with Gasteiger partial charge in [-0.1, -0.05) is 72.8 Å². The molecule has 0 amide bonds. The van der Waals surface area contributed by atoms with Gasteiger partial charge < -0.3 is 0 Å². The number of pyridine rings is 1. The second kappa shape index (κ2) is 10.1. The van der Waals surface area contributed by atoms with Gasteiger partial charge in [0, 0.05) is 29.2 Å². The molecule has 0 unspecified atom stereocenters. The number of aromatic nitrogens is 3. The van der Waals surface area contributed by atoms with Crippen molar-refractivity contribution < 1.29 is 0 Å². The molecule has 0 N–H and O–H groups in total. The Kier molecular flexibility index (Phi) is 5.80. The number of rotatable bonds is 4. The van der Waals surface area contributed by atoms with E-state index in [1.54, 1.807) is 6.20 Å². The van der Waals surface area contributed by atoms with Crippen LogP contribution in [0.5, 0.6) is 0 Å². The average molecular weight is 549 g/mol. The minimum Gasteiger partial charge on any atom is -0.292 e. The smallest absolute Gasteiger partial charge is 0.145 e. The zero-order valence-corrected chi connectivity index (χ0v) is 23.1. The third kappa shape index (κ3) is 4.23. The summed E-state index contributed by atoms with van der Waals surface area (Å²) in [5.74, 6) is 0.813. The maximum atomic E-state index is 9.69. The molecule has 4 heteroatoms. The van der Waals surface area contributed by atoms with E-state index in [1.807, 2.05) is 48.7 Å². The fourth-order valence-electron chi connectivity index (χ4n) is 6.10. The van der Waals surface area contributed by atoms with E-state index in [0.29, 0.717) is 5.56 Å². The van der Waals surface area contributed by atoms with Crippen molar-refractivity contribution >= 4 is 32.6 Å². The highest BCUT2D eigenvalue weighted by Crippen LogP contribution is 2.41. The molecule has 2 heterocycles. The van der Waals surface area contributed by atoms with E-state index < -0.39 is 0 Å². The minimum absolute atomic E-state index is 0.600. The van der Waals surface area contributed by atoms with Crippen molar-refractivity contribution in [2.75, 3.05) is 0 Å². The summed E-state index contributed by atoms with van der Waals surface area (Å²) in [5, 5.41) is 14.5. The van der Waals surface area contributed by atoms with Crippen molar-refractivity contribution in [2.45, 2.75) is 0 Å². The molecule has 6 aromatic carbocycles. The van der Waals surface area contributed by atoms with E-state index in [9.17, 15) is 5.26 Å². The summed E-state index contributed by atoms with van der Waals surface area (Å²) in [6.07, 6.45) is 3.71. The Balaban J connectivity index is 1.49. The molecule has 0 saturated heterocycles. The zero-order chi connectivity index (χ0) is 28.8. The predicted octanol–water partition coefficient (Wildman–Crippen LogP) is 9.60. The maximum absolute atomic E-state index is 9.69. The van der Waals surface area contributed by atoms with Gasteiger partial charge in [0.15, 0.2) is 0 Å². The van der Waals surface area contributed by atoms with Gasteiger partial charge in [0.25, 0.3) is 0 Å². The van der Waals surface area contributed by atoms with Crippen LogP contribution >= 0.6 is 0 Å². The minimum atomic E-state index is 0.600. The quantitative estimate of drug-likeness (QED) is 0.206. The number of fused-ring (bicyclic) bond motifs is 3. The summed E-state index contributed by atoms with van der Waals surface area (Å²) < 4.78 is 2.16. The van der Waals surface area contributed by atoms with Gasteiger partial charge >= 0.3 is 0 Å². The summed E-state index contributed by atoms with van der Waals surface area (Å²) >= 11 is 0. The van der Waals surface area contributed by atoms with Crippen LogP contribution in [0, 0.1) is 11.3 Å². The third-order valence-electron chi connectivity index (χ3n) is 8.04. The molecule has 0 atom stereocenters. The summed E-state index contributed by atoms with van der Waals surface area (Å²) in [6.45, 7) is 0. The topological polar surface area (TPSA) is 54.5 Å². The molecule has 0 saturated carbocycles. The summed E-state index contributed by atoms with van der Waals surface area (Å²) in [5.41, 5.74) is 8.68. The largest absolute Gasteiger partial charge is 0.292 e. The molecule has 2 aromatic heterocycles. The molecule has 0 aliphatic rings. The van der Waals surface area contributed by atoms with Gasteiger partial charge in [-0.3, -0.25) is 9.55 Å². The number of para-hydroxylation sites is 1. The Morgan fingerprint density at radius 3 is 2.00 bits per heavy atom. The Hall–Kier alpha value is -6.05. The van der Waals surface area contributed by atoms with E-state index in [1.165, 1.54) is 27.1 Å². The van der Waals surface area contributed by atoms with Gasteiger partial charge in [0.05, 0.1) is 22.7 Å². The number of hydrogen-bond donors (Lipinski definition) is 0. The van der Waals surface area contributed by atoms with Crippen molar-refractivity contribution in [1.82, 2.24) is 14.5 Å². The van der Waals surface area contributed by atoms with Crippen LogP contribution in [0.1, 0.15) is 5.56 Å². The lowest BCUT2D eigenvalue weighted by Gasteiger charge is -2.16. The van der Waals surface area contributed by atoms with Gasteiger partial charge in [-0.2, -0.15) is 5.26 Å². The molecule has 8 rings (SSSR count).